The van der Waals surface area contributed by atoms with Gasteiger partial charge in [0.05, 0.1) is 12.7 Å². The second kappa shape index (κ2) is 8.28. The van der Waals surface area contributed by atoms with Gasteiger partial charge in [-0.15, -0.1) is 21.5 Å². The highest BCUT2D eigenvalue weighted by atomic mass is 32.2. The van der Waals surface area contributed by atoms with E-state index in [1.165, 1.54) is 48.7 Å². The van der Waals surface area contributed by atoms with Gasteiger partial charge in [0, 0.05) is 23.1 Å². The second-order valence-electron chi connectivity index (χ2n) is 5.96. The van der Waals surface area contributed by atoms with Crippen LogP contribution in [0.3, 0.4) is 0 Å². The van der Waals surface area contributed by atoms with Crippen molar-refractivity contribution in [2.75, 3.05) is 12.4 Å². The third kappa shape index (κ3) is 4.35. The van der Waals surface area contributed by atoms with E-state index < -0.39 is 6.10 Å². The van der Waals surface area contributed by atoms with Crippen molar-refractivity contribution in [2.45, 2.75) is 55.8 Å². The van der Waals surface area contributed by atoms with Gasteiger partial charge in [0.2, 0.25) is 0 Å². The summed E-state index contributed by atoms with van der Waals surface area (Å²) in [6.07, 6.45) is 6.26. The lowest BCUT2D eigenvalue weighted by Crippen LogP contribution is -2.18. The molecular weight excluding hydrogens is 330 g/mol. The van der Waals surface area contributed by atoms with Crippen LogP contribution in [0.25, 0.3) is 0 Å². The SMILES string of the molecule is OCC(O)CSc1nnc(Cc2cccs2)n1C1CCCCC1. The molecule has 0 aromatic carbocycles. The van der Waals surface area contributed by atoms with Crippen LogP contribution in [0.5, 0.6) is 0 Å². The average molecular weight is 354 g/mol. The lowest BCUT2D eigenvalue weighted by atomic mass is 9.95. The summed E-state index contributed by atoms with van der Waals surface area (Å²) in [6, 6.07) is 4.66. The maximum absolute atomic E-state index is 9.61. The Labute approximate surface area is 144 Å². The molecule has 23 heavy (non-hydrogen) atoms. The van der Waals surface area contributed by atoms with E-state index in [1.807, 2.05) is 0 Å². The summed E-state index contributed by atoms with van der Waals surface area (Å²) in [4.78, 5) is 1.29. The minimum Gasteiger partial charge on any atom is -0.394 e. The fraction of sp³-hybridized carbons (Fsp3) is 0.625. The number of aliphatic hydroxyl groups is 2. The van der Waals surface area contributed by atoms with Crippen molar-refractivity contribution in [1.82, 2.24) is 14.8 Å². The summed E-state index contributed by atoms with van der Waals surface area (Å²) in [5, 5.41) is 30.4. The number of thioether (sulfide) groups is 1. The zero-order valence-electron chi connectivity index (χ0n) is 13.1. The van der Waals surface area contributed by atoms with E-state index in [0.717, 1.165) is 17.4 Å². The smallest absolute Gasteiger partial charge is 0.191 e. The molecule has 0 bridgehead atoms. The van der Waals surface area contributed by atoms with Gasteiger partial charge in [0.1, 0.15) is 5.82 Å². The molecule has 1 atom stereocenters. The fourth-order valence-corrected chi connectivity index (χ4v) is 4.67. The summed E-state index contributed by atoms with van der Waals surface area (Å²) >= 11 is 3.23. The number of rotatable bonds is 7. The summed E-state index contributed by atoms with van der Waals surface area (Å²) in [7, 11) is 0. The first-order chi connectivity index (χ1) is 11.3. The monoisotopic (exact) mass is 353 g/mol. The Balaban J connectivity index is 1.81. The van der Waals surface area contributed by atoms with E-state index in [1.54, 1.807) is 11.3 Å². The van der Waals surface area contributed by atoms with Gasteiger partial charge in [-0.2, -0.15) is 0 Å². The summed E-state index contributed by atoms with van der Waals surface area (Å²) in [5.74, 6) is 1.46. The molecule has 1 aliphatic rings. The maximum Gasteiger partial charge on any atom is 0.191 e. The van der Waals surface area contributed by atoms with Gasteiger partial charge < -0.3 is 14.8 Å². The van der Waals surface area contributed by atoms with Gasteiger partial charge in [0.15, 0.2) is 5.16 Å². The van der Waals surface area contributed by atoms with Crippen LogP contribution in [-0.4, -0.2) is 43.4 Å². The lowest BCUT2D eigenvalue weighted by molar-refractivity contribution is 0.113. The first-order valence-corrected chi connectivity index (χ1v) is 10.0. The Morgan fingerprint density at radius 1 is 1.30 bits per heavy atom. The molecule has 3 rings (SSSR count). The maximum atomic E-state index is 9.61. The first kappa shape index (κ1) is 17.0. The number of nitrogens with zero attached hydrogens (tertiary/aromatic N) is 3. The molecule has 1 saturated carbocycles. The Kier molecular flexibility index (Phi) is 6.10. The predicted octanol–water partition coefficient (Wildman–Crippen LogP) is 2.88. The molecule has 0 aliphatic heterocycles. The van der Waals surface area contributed by atoms with Crippen LogP contribution in [0.4, 0.5) is 0 Å². The number of thiophene rings is 1. The van der Waals surface area contributed by atoms with Gasteiger partial charge >= 0.3 is 0 Å². The standard InChI is InChI=1S/C16H23N3O2S2/c20-10-13(21)11-23-16-18-17-15(9-14-7-4-8-22-14)19(16)12-5-2-1-3-6-12/h4,7-8,12-13,20-21H,1-3,5-6,9-11H2. The zero-order chi connectivity index (χ0) is 16.1. The Hall–Kier alpha value is -0.890. The molecule has 5 nitrogen and oxygen atoms in total. The number of aliphatic hydroxyl groups excluding tert-OH is 2. The lowest BCUT2D eigenvalue weighted by Gasteiger charge is -2.25. The molecule has 126 valence electrons. The van der Waals surface area contributed by atoms with Gasteiger partial charge in [0.25, 0.3) is 0 Å². The second-order valence-corrected chi connectivity index (χ2v) is 7.98. The molecule has 0 radical (unpaired) electrons. The van der Waals surface area contributed by atoms with E-state index in [-0.39, 0.29) is 6.61 Å². The molecule has 0 spiro atoms. The Morgan fingerprint density at radius 3 is 2.83 bits per heavy atom. The summed E-state index contributed by atoms with van der Waals surface area (Å²) in [5.41, 5.74) is 0. The summed E-state index contributed by atoms with van der Waals surface area (Å²) in [6.45, 7) is -0.216. The third-order valence-electron chi connectivity index (χ3n) is 4.20. The van der Waals surface area contributed by atoms with Crippen LogP contribution in [0.15, 0.2) is 22.7 Å². The number of aromatic nitrogens is 3. The van der Waals surface area contributed by atoms with Crippen molar-refractivity contribution in [3.05, 3.63) is 28.2 Å². The van der Waals surface area contributed by atoms with Crippen molar-refractivity contribution in [3.63, 3.8) is 0 Å². The van der Waals surface area contributed by atoms with Crippen LogP contribution >= 0.6 is 23.1 Å². The minimum absolute atomic E-state index is 0.216. The number of hydrogen-bond acceptors (Lipinski definition) is 6. The predicted molar refractivity (Wildman–Crippen MR) is 93.1 cm³/mol. The molecule has 2 heterocycles. The quantitative estimate of drug-likeness (QED) is 0.749. The average Bonchev–Trinajstić information content (AvgIpc) is 3.23. The van der Waals surface area contributed by atoms with Gasteiger partial charge in [-0.05, 0) is 24.3 Å². The molecule has 0 saturated heterocycles. The highest BCUT2D eigenvalue weighted by Crippen LogP contribution is 2.33. The molecule has 0 amide bonds. The zero-order valence-corrected chi connectivity index (χ0v) is 14.7. The normalized spacial score (nSPS) is 17.5. The number of hydrogen-bond donors (Lipinski definition) is 2. The van der Waals surface area contributed by atoms with Crippen molar-refractivity contribution < 1.29 is 10.2 Å². The molecule has 1 unspecified atom stereocenters. The highest BCUT2D eigenvalue weighted by Gasteiger charge is 2.23. The van der Waals surface area contributed by atoms with E-state index in [0.29, 0.717) is 11.8 Å². The van der Waals surface area contributed by atoms with E-state index in [9.17, 15) is 5.11 Å². The van der Waals surface area contributed by atoms with Crippen molar-refractivity contribution in [3.8, 4) is 0 Å². The van der Waals surface area contributed by atoms with Gasteiger partial charge in [-0.3, -0.25) is 0 Å². The molecule has 1 fully saturated rings. The van der Waals surface area contributed by atoms with Gasteiger partial charge in [-0.25, -0.2) is 0 Å². The molecule has 7 heteroatoms. The highest BCUT2D eigenvalue weighted by molar-refractivity contribution is 7.99. The van der Waals surface area contributed by atoms with E-state index in [4.69, 9.17) is 5.11 Å². The molecular formula is C16H23N3O2S2. The molecule has 2 aromatic rings. The molecule has 2 N–H and O–H groups in total. The van der Waals surface area contributed by atoms with Crippen LogP contribution in [0.1, 0.15) is 48.8 Å². The molecule has 2 aromatic heterocycles. The fourth-order valence-electron chi connectivity index (χ4n) is 3.02. The Bertz CT molecular complexity index is 594. The van der Waals surface area contributed by atoms with Crippen LogP contribution in [0, 0.1) is 0 Å². The van der Waals surface area contributed by atoms with Crippen LogP contribution in [0.2, 0.25) is 0 Å². The minimum atomic E-state index is -0.711. The van der Waals surface area contributed by atoms with Crippen LogP contribution in [-0.2, 0) is 6.42 Å². The van der Waals surface area contributed by atoms with Crippen LogP contribution < -0.4 is 0 Å². The van der Waals surface area contributed by atoms with Crippen molar-refractivity contribution in [2.24, 2.45) is 0 Å². The van der Waals surface area contributed by atoms with Crippen molar-refractivity contribution >= 4 is 23.1 Å². The first-order valence-electron chi connectivity index (χ1n) is 8.16. The largest absolute Gasteiger partial charge is 0.394 e. The third-order valence-corrected chi connectivity index (χ3v) is 6.17. The topological polar surface area (TPSA) is 71.2 Å². The Morgan fingerprint density at radius 2 is 2.13 bits per heavy atom. The van der Waals surface area contributed by atoms with Crippen molar-refractivity contribution in [1.29, 1.82) is 0 Å². The van der Waals surface area contributed by atoms with E-state index in [2.05, 4.69) is 32.3 Å². The van der Waals surface area contributed by atoms with Gasteiger partial charge in [-0.1, -0.05) is 37.1 Å². The molecule has 1 aliphatic carbocycles. The van der Waals surface area contributed by atoms with E-state index >= 15 is 0 Å². The summed E-state index contributed by atoms with van der Waals surface area (Å²) < 4.78 is 2.29.